The van der Waals surface area contributed by atoms with Crippen molar-refractivity contribution in [3.63, 3.8) is 0 Å². The zero-order valence-electron chi connectivity index (χ0n) is 7.65. The van der Waals surface area contributed by atoms with Crippen molar-refractivity contribution in [2.45, 2.75) is 32.3 Å². The van der Waals surface area contributed by atoms with Crippen LogP contribution in [0.3, 0.4) is 0 Å². The van der Waals surface area contributed by atoms with Crippen molar-refractivity contribution in [2.24, 2.45) is 0 Å². The Balaban J connectivity index is 4.14. The van der Waals surface area contributed by atoms with Gasteiger partial charge in [0.2, 0.25) is 0 Å². The summed E-state index contributed by atoms with van der Waals surface area (Å²) in [5, 5.41) is 0.590. The molecule has 0 fully saturated rings. The van der Waals surface area contributed by atoms with Crippen molar-refractivity contribution in [3.8, 4) is 0 Å². The van der Waals surface area contributed by atoms with Crippen LogP contribution in [0.2, 0.25) is 0 Å². The molecular formula is C8H20P+. The van der Waals surface area contributed by atoms with Gasteiger partial charge in [0.25, 0.3) is 0 Å². The first-order valence-electron chi connectivity index (χ1n) is 3.63. The van der Waals surface area contributed by atoms with Gasteiger partial charge in [-0.2, -0.15) is 0 Å². The van der Waals surface area contributed by atoms with Gasteiger partial charge >= 0.3 is 0 Å². The Kier molecular flexibility index (Phi) is 2.70. The van der Waals surface area contributed by atoms with Crippen LogP contribution < -0.4 is 0 Å². The third-order valence-electron chi connectivity index (χ3n) is 2.68. The summed E-state index contributed by atoms with van der Waals surface area (Å²) >= 11 is 0. The highest BCUT2D eigenvalue weighted by atomic mass is 31.2. The summed E-state index contributed by atoms with van der Waals surface area (Å²) in [6.07, 6.45) is 1.31. The molecule has 1 heteroatoms. The van der Waals surface area contributed by atoms with E-state index in [4.69, 9.17) is 0 Å². The highest BCUT2D eigenvalue weighted by Gasteiger charge is 2.37. The van der Waals surface area contributed by atoms with Gasteiger partial charge in [-0.15, -0.1) is 0 Å². The molecule has 0 saturated carbocycles. The van der Waals surface area contributed by atoms with E-state index < -0.39 is 7.26 Å². The fraction of sp³-hybridized carbons (Fsp3) is 1.00. The molecule has 0 radical (unpaired) electrons. The zero-order valence-corrected chi connectivity index (χ0v) is 8.55. The van der Waals surface area contributed by atoms with E-state index in [1.807, 2.05) is 0 Å². The Labute approximate surface area is 60.4 Å². The maximum absolute atomic E-state index is 2.41. The molecule has 0 aromatic carbocycles. The van der Waals surface area contributed by atoms with Gasteiger partial charge in [-0.1, -0.05) is 6.92 Å². The molecule has 0 bridgehead atoms. The second-order valence-electron chi connectivity index (χ2n) is 4.18. The minimum absolute atomic E-state index is 0.590. The van der Waals surface area contributed by atoms with Gasteiger partial charge in [0.05, 0.1) is 5.16 Å². The van der Waals surface area contributed by atoms with Gasteiger partial charge in [0.1, 0.15) is 0 Å². The van der Waals surface area contributed by atoms with Crippen LogP contribution in [0.25, 0.3) is 0 Å². The first-order chi connectivity index (χ1) is 3.81. The summed E-state index contributed by atoms with van der Waals surface area (Å²) in [5.41, 5.74) is 0. The molecule has 0 aliphatic heterocycles. The molecule has 56 valence electrons. The van der Waals surface area contributed by atoms with Crippen molar-refractivity contribution in [1.82, 2.24) is 0 Å². The van der Waals surface area contributed by atoms with Gasteiger partial charge in [0.15, 0.2) is 0 Å². The first-order valence-corrected chi connectivity index (χ1v) is 6.76. The van der Waals surface area contributed by atoms with E-state index in [0.29, 0.717) is 5.16 Å². The van der Waals surface area contributed by atoms with E-state index in [2.05, 4.69) is 40.8 Å². The lowest BCUT2D eigenvalue weighted by Crippen LogP contribution is -2.21. The number of rotatable bonds is 2. The Bertz CT molecular complexity index is 87.2. The van der Waals surface area contributed by atoms with E-state index >= 15 is 0 Å². The van der Waals surface area contributed by atoms with Crippen LogP contribution >= 0.6 is 7.26 Å². The van der Waals surface area contributed by atoms with Gasteiger partial charge in [-0.25, -0.2) is 0 Å². The van der Waals surface area contributed by atoms with Gasteiger partial charge in [-0.05, 0) is 20.3 Å². The van der Waals surface area contributed by atoms with Gasteiger partial charge in [0, 0.05) is 27.3 Å². The van der Waals surface area contributed by atoms with Gasteiger partial charge in [-0.3, -0.25) is 0 Å². The molecule has 0 saturated heterocycles. The Morgan fingerprint density at radius 3 is 1.44 bits per heavy atom. The summed E-state index contributed by atoms with van der Waals surface area (Å²) in [6.45, 7) is 14.3. The molecule has 0 heterocycles. The van der Waals surface area contributed by atoms with E-state index in [0.717, 1.165) is 0 Å². The van der Waals surface area contributed by atoms with Crippen molar-refractivity contribution in [2.75, 3.05) is 20.0 Å². The normalized spacial score (nSPS) is 14.0. The van der Waals surface area contributed by atoms with E-state index in [9.17, 15) is 0 Å². The van der Waals surface area contributed by atoms with Gasteiger partial charge < -0.3 is 0 Å². The zero-order chi connectivity index (χ0) is 7.71. The highest BCUT2D eigenvalue weighted by molar-refractivity contribution is 7.75. The second kappa shape index (κ2) is 2.58. The third kappa shape index (κ3) is 2.26. The molecule has 0 nitrogen and oxygen atoms in total. The smallest absolute Gasteiger partial charge is 0.0614 e. The maximum Gasteiger partial charge on any atom is 0.0733 e. The van der Waals surface area contributed by atoms with Crippen LogP contribution in [-0.2, 0) is 0 Å². The first kappa shape index (κ1) is 9.43. The third-order valence-corrected chi connectivity index (χ3v) is 6.63. The Hall–Kier alpha value is 0.430. The minimum Gasteiger partial charge on any atom is -0.0614 e. The molecule has 0 aromatic heterocycles. The van der Waals surface area contributed by atoms with E-state index in [1.165, 1.54) is 6.42 Å². The Morgan fingerprint density at radius 2 is 1.44 bits per heavy atom. The van der Waals surface area contributed by atoms with Crippen molar-refractivity contribution in [1.29, 1.82) is 0 Å². The molecule has 0 aliphatic carbocycles. The number of hydrogen-bond donors (Lipinski definition) is 0. The lowest BCUT2D eigenvalue weighted by atomic mass is 10.1. The quantitative estimate of drug-likeness (QED) is 0.526. The largest absolute Gasteiger partial charge is 0.0733 e. The summed E-state index contributed by atoms with van der Waals surface area (Å²) in [5.74, 6) is 0. The summed E-state index contributed by atoms with van der Waals surface area (Å²) in [7, 11) is -0.619. The minimum atomic E-state index is -0.619. The predicted molar refractivity (Wildman–Crippen MR) is 49.1 cm³/mol. The average Bonchev–Trinajstić information content (AvgIpc) is 1.64. The van der Waals surface area contributed by atoms with Crippen LogP contribution in [-0.4, -0.2) is 25.2 Å². The Morgan fingerprint density at radius 1 is 1.11 bits per heavy atom. The van der Waals surface area contributed by atoms with Crippen LogP contribution in [0.4, 0.5) is 0 Å². The van der Waals surface area contributed by atoms with Crippen molar-refractivity contribution < 1.29 is 0 Å². The maximum atomic E-state index is 2.41. The molecule has 0 aromatic rings. The van der Waals surface area contributed by atoms with Crippen LogP contribution in [0, 0.1) is 0 Å². The lowest BCUT2D eigenvalue weighted by molar-refractivity contribution is 0.665. The fourth-order valence-corrected chi connectivity index (χ4v) is 1.42. The molecule has 0 rings (SSSR count). The fourth-order valence-electron chi connectivity index (χ4n) is 0.474. The molecule has 0 N–H and O–H groups in total. The standard InChI is InChI=1S/C8H20P/c1-7-8(2,3)9(4,5)6/h7H2,1-6H3/q+1. The molecule has 0 spiro atoms. The molecule has 0 amide bonds. The topological polar surface area (TPSA) is 0 Å². The van der Waals surface area contributed by atoms with Crippen LogP contribution in [0.5, 0.6) is 0 Å². The lowest BCUT2D eigenvalue weighted by Gasteiger charge is -2.30. The average molecular weight is 147 g/mol. The van der Waals surface area contributed by atoms with Crippen molar-refractivity contribution >= 4 is 7.26 Å². The second-order valence-corrected chi connectivity index (χ2v) is 9.41. The van der Waals surface area contributed by atoms with E-state index in [1.54, 1.807) is 0 Å². The van der Waals surface area contributed by atoms with Crippen LogP contribution in [0.15, 0.2) is 0 Å². The molecule has 0 unspecified atom stereocenters. The summed E-state index contributed by atoms with van der Waals surface area (Å²) < 4.78 is 0. The van der Waals surface area contributed by atoms with E-state index in [-0.39, 0.29) is 0 Å². The SMILES string of the molecule is CCC(C)(C)[P+](C)(C)C. The van der Waals surface area contributed by atoms with Crippen molar-refractivity contribution in [3.05, 3.63) is 0 Å². The highest BCUT2D eigenvalue weighted by Crippen LogP contribution is 2.60. The summed E-state index contributed by atoms with van der Waals surface area (Å²) in [4.78, 5) is 0. The molecule has 0 atom stereocenters. The number of hydrogen-bond acceptors (Lipinski definition) is 0. The summed E-state index contributed by atoms with van der Waals surface area (Å²) in [6, 6.07) is 0. The monoisotopic (exact) mass is 147 g/mol. The molecular weight excluding hydrogens is 127 g/mol. The predicted octanol–water partition coefficient (Wildman–Crippen LogP) is 3.08. The van der Waals surface area contributed by atoms with Crippen LogP contribution in [0.1, 0.15) is 27.2 Å². The molecule has 9 heavy (non-hydrogen) atoms. The molecule has 0 aliphatic rings.